The first-order chi connectivity index (χ1) is 7.56. The molecule has 0 spiro atoms. The lowest BCUT2D eigenvalue weighted by molar-refractivity contribution is 0.0168. The number of aliphatic hydroxyl groups is 2. The lowest BCUT2D eigenvalue weighted by Gasteiger charge is -2.17. The summed E-state index contributed by atoms with van der Waals surface area (Å²) in [6.45, 7) is 0. The first kappa shape index (κ1) is 13.4. The molecule has 16 heavy (non-hydrogen) atoms. The first-order valence-electron chi connectivity index (χ1n) is 4.86. The van der Waals surface area contributed by atoms with Crippen LogP contribution < -0.4 is 0 Å². The van der Waals surface area contributed by atoms with Crippen LogP contribution in [0.4, 0.5) is 8.78 Å². The summed E-state index contributed by atoms with van der Waals surface area (Å²) in [7, 11) is 0. The average molecular weight is 251 g/mol. The number of hydrogen-bond donors (Lipinski definition) is 2. The fraction of sp³-hybridized carbons (Fsp3) is 0.455. The Hall–Kier alpha value is -0.710. The van der Waals surface area contributed by atoms with E-state index in [1.54, 1.807) is 0 Å². The molecule has 1 rings (SSSR count). The minimum absolute atomic E-state index is 0.172. The lowest BCUT2D eigenvalue weighted by atomic mass is 10.0. The summed E-state index contributed by atoms with van der Waals surface area (Å²) in [4.78, 5) is 0. The molecule has 2 atom stereocenters. The van der Waals surface area contributed by atoms with Gasteiger partial charge in [-0.1, -0.05) is 18.2 Å². The van der Waals surface area contributed by atoms with Crippen LogP contribution in [0.1, 0.15) is 30.1 Å². The molecule has 0 bridgehead atoms. The molecule has 2 nitrogen and oxygen atoms in total. The fourth-order valence-electron chi connectivity index (χ4n) is 1.37. The van der Waals surface area contributed by atoms with E-state index < -0.39 is 18.6 Å². The van der Waals surface area contributed by atoms with Gasteiger partial charge in [0.1, 0.15) is 6.10 Å². The minimum atomic E-state index is -2.59. The standard InChI is InChI=1S/C11H13ClF2O2/c12-5-4-9(15)10(16)7-2-1-3-8(6-7)11(13)14/h1-3,6,9-11,15-16H,4-5H2. The van der Waals surface area contributed by atoms with Crippen LogP contribution >= 0.6 is 11.6 Å². The van der Waals surface area contributed by atoms with Crippen molar-refractivity contribution in [3.8, 4) is 0 Å². The largest absolute Gasteiger partial charge is 0.390 e. The number of alkyl halides is 3. The molecule has 0 aromatic heterocycles. The molecule has 0 heterocycles. The van der Waals surface area contributed by atoms with Gasteiger partial charge in [0.25, 0.3) is 6.43 Å². The SMILES string of the molecule is OC(CCCl)C(O)c1cccc(C(F)F)c1. The Bertz CT molecular complexity index is 334. The van der Waals surface area contributed by atoms with E-state index >= 15 is 0 Å². The predicted molar refractivity (Wildman–Crippen MR) is 57.7 cm³/mol. The number of hydrogen-bond acceptors (Lipinski definition) is 2. The Morgan fingerprint density at radius 3 is 2.38 bits per heavy atom. The molecule has 5 heteroatoms. The summed E-state index contributed by atoms with van der Waals surface area (Å²) in [5.41, 5.74) is 0.102. The predicted octanol–water partition coefficient (Wildman–Crippen LogP) is 2.65. The van der Waals surface area contributed by atoms with Gasteiger partial charge in [0.15, 0.2) is 0 Å². The monoisotopic (exact) mass is 250 g/mol. The molecule has 2 unspecified atom stereocenters. The van der Waals surface area contributed by atoms with Crippen molar-refractivity contribution in [1.29, 1.82) is 0 Å². The maximum atomic E-state index is 12.4. The first-order valence-corrected chi connectivity index (χ1v) is 5.39. The quantitative estimate of drug-likeness (QED) is 0.789. The molecule has 0 saturated heterocycles. The zero-order chi connectivity index (χ0) is 12.1. The molecular weight excluding hydrogens is 238 g/mol. The summed E-state index contributed by atoms with van der Waals surface area (Å²) in [5, 5.41) is 19.2. The smallest absolute Gasteiger partial charge is 0.263 e. The second-order valence-electron chi connectivity index (χ2n) is 3.46. The summed E-state index contributed by atoms with van der Waals surface area (Å²) >= 11 is 5.42. The Labute approximate surface area is 97.5 Å². The zero-order valence-electron chi connectivity index (χ0n) is 8.48. The fourth-order valence-corrected chi connectivity index (χ4v) is 1.59. The third-order valence-electron chi connectivity index (χ3n) is 2.27. The van der Waals surface area contributed by atoms with Gasteiger partial charge in [0, 0.05) is 11.4 Å². The van der Waals surface area contributed by atoms with Crippen LogP contribution in [0.2, 0.25) is 0 Å². The summed E-state index contributed by atoms with van der Waals surface area (Å²) in [6.07, 6.45) is -4.60. The van der Waals surface area contributed by atoms with Crippen molar-refractivity contribution in [2.24, 2.45) is 0 Å². The topological polar surface area (TPSA) is 40.5 Å². The van der Waals surface area contributed by atoms with E-state index in [-0.39, 0.29) is 23.4 Å². The third kappa shape index (κ3) is 3.40. The van der Waals surface area contributed by atoms with Gasteiger partial charge >= 0.3 is 0 Å². The van der Waals surface area contributed by atoms with Crippen molar-refractivity contribution in [2.45, 2.75) is 25.1 Å². The molecule has 0 amide bonds. The number of rotatable bonds is 5. The van der Waals surface area contributed by atoms with E-state index in [0.29, 0.717) is 0 Å². The van der Waals surface area contributed by atoms with Crippen molar-refractivity contribution < 1.29 is 19.0 Å². The molecule has 0 radical (unpaired) electrons. The van der Waals surface area contributed by atoms with Gasteiger partial charge in [-0.05, 0) is 18.1 Å². The molecular formula is C11H13ClF2O2. The van der Waals surface area contributed by atoms with Gasteiger partial charge in [0.2, 0.25) is 0 Å². The van der Waals surface area contributed by atoms with Crippen LogP contribution in [-0.4, -0.2) is 22.2 Å². The van der Waals surface area contributed by atoms with Crippen molar-refractivity contribution in [3.05, 3.63) is 35.4 Å². The molecule has 1 aromatic carbocycles. The van der Waals surface area contributed by atoms with Gasteiger partial charge in [0.05, 0.1) is 6.10 Å². The molecule has 1 aromatic rings. The Kier molecular flexibility index (Phi) is 5.12. The zero-order valence-corrected chi connectivity index (χ0v) is 9.24. The Balaban J connectivity index is 2.82. The summed E-state index contributed by atoms with van der Waals surface area (Å²) in [5.74, 6) is 0.201. The second-order valence-corrected chi connectivity index (χ2v) is 3.84. The van der Waals surface area contributed by atoms with Crippen LogP contribution in [0.3, 0.4) is 0 Å². The molecule has 90 valence electrons. The van der Waals surface area contributed by atoms with Crippen LogP contribution in [0.25, 0.3) is 0 Å². The van der Waals surface area contributed by atoms with E-state index in [1.807, 2.05) is 0 Å². The molecule has 0 aliphatic rings. The van der Waals surface area contributed by atoms with Crippen LogP contribution in [0.15, 0.2) is 24.3 Å². The van der Waals surface area contributed by atoms with E-state index in [1.165, 1.54) is 24.3 Å². The molecule has 0 saturated carbocycles. The number of benzene rings is 1. The highest BCUT2D eigenvalue weighted by molar-refractivity contribution is 6.17. The molecule has 0 fully saturated rings. The van der Waals surface area contributed by atoms with Crippen molar-refractivity contribution in [1.82, 2.24) is 0 Å². The molecule has 2 N–H and O–H groups in total. The Morgan fingerprint density at radius 1 is 1.19 bits per heavy atom. The van der Waals surface area contributed by atoms with Gasteiger partial charge in [-0.15, -0.1) is 11.6 Å². The van der Waals surface area contributed by atoms with E-state index in [2.05, 4.69) is 0 Å². The molecule has 0 aliphatic carbocycles. The van der Waals surface area contributed by atoms with Gasteiger partial charge in [-0.3, -0.25) is 0 Å². The third-order valence-corrected chi connectivity index (χ3v) is 2.49. The normalized spacial score (nSPS) is 15.1. The van der Waals surface area contributed by atoms with Crippen LogP contribution in [0, 0.1) is 0 Å². The number of halogens is 3. The van der Waals surface area contributed by atoms with Gasteiger partial charge in [-0.2, -0.15) is 0 Å². The highest BCUT2D eigenvalue weighted by Crippen LogP contribution is 2.25. The van der Waals surface area contributed by atoms with Crippen molar-refractivity contribution in [3.63, 3.8) is 0 Å². The van der Waals surface area contributed by atoms with Gasteiger partial charge in [-0.25, -0.2) is 8.78 Å². The number of aliphatic hydroxyl groups excluding tert-OH is 2. The summed E-state index contributed by atoms with van der Waals surface area (Å²) in [6, 6.07) is 5.38. The maximum Gasteiger partial charge on any atom is 0.263 e. The maximum absolute atomic E-state index is 12.4. The average Bonchev–Trinajstić information content (AvgIpc) is 2.28. The van der Waals surface area contributed by atoms with E-state index in [9.17, 15) is 19.0 Å². The van der Waals surface area contributed by atoms with E-state index in [0.717, 1.165) is 0 Å². The highest BCUT2D eigenvalue weighted by atomic mass is 35.5. The van der Waals surface area contributed by atoms with Crippen LogP contribution in [-0.2, 0) is 0 Å². The van der Waals surface area contributed by atoms with E-state index in [4.69, 9.17) is 11.6 Å². The second kappa shape index (κ2) is 6.13. The highest BCUT2D eigenvalue weighted by Gasteiger charge is 2.19. The minimum Gasteiger partial charge on any atom is -0.390 e. The van der Waals surface area contributed by atoms with Gasteiger partial charge < -0.3 is 10.2 Å². The lowest BCUT2D eigenvalue weighted by Crippen LogP contribution is -2.18. The van der Waals surface area contributed by atoms with Crippen molar-refractivity contribution >= 4 is 11.6 Å². The summed E-state index contributed by atoms with van der Waals surface area (Å²) < 4.78 is 24.8. The molecule has 0 aliphatic heterocycles. The van der Waals surface area contributed by atoms with Crippen molar-refractivity contribution in [2.75, 3.05) is 5.88 Å². The van der Waals surface area contributed by atoms with Crippen LogP contribution in [0.5, 0.6) is 0 Å². The Morgan fingerprint density at radius 2 is 1.81 bits per heavy atom.